The number of hydrogen-bond donors (Lipinski definition) is 2. The van der Waals surface area contributed by atoms with E-state index in [-0.39, 0.29) is 22.2 Å². The van der Waals surface area contributed by atoms with Gasteiger partial charge in [-0.3, -0.25) is 14.9 Å². The van der Waals surface area contributed by atoms with E-state index in [0.717, 1.165) is 12.8 Å². The minimum atomic E-state index is -3.60. The van der Waals surface area contributed by atoms with Gasteiger partial charge in [0.05, 0.1) is 9.82 Å². The molecule has 170 valence electrons. The minimum Gasteiger partial charge on any atom is -0.377 e. The number of carbonyl (C=O) groups is 1. The molecule has 10 nitrogen and oxygen atoms in total. The first-order chi connectivity index (χ1) is 15.2. The van der Waals surface area contributed by atoms with Gasteiger partial charge >= 0.3 is 0 Å². The number of benzene rings is 2. The predicted molar refractivity (Wildman–Crippen MR) is 120 cm³/mol. The SMILES string of the molecule is CN1CCN(S(=O)(=O)c2ccc(NC(=O)c3ccc(NC4CC4)c([N+](=O)[O-])c3)cc2)CC1. The number of nitrogens with one attached hydrogen (secondary N) is 2. The fourth-order valence-electron chi connectivity index (χ4n) is 3.48. The molecule has 2 N–H and O–H groups in total. The number of nitro groups is 1. The number of piperazine rings is 1. The summed E-state index contributed by atoms with van der Waals surface area (Å²) in [5, 5.41) is 17.2. The van der Waals surface area contributed by atoms with Crippen LogP contribution in [0.5, 0.6) is 0 Å². The Morgan fingerprint density at radius 3 is 2.31 bits per heavy atom. The van der Waals surface area contributed by atoms with Crippen molar-refractivity contribution in [1.29, 1.82) is 0 Å². The van der Waals surface area contributed by atoms with Crippen LogP contribution < -0.4 is 10.6 Å². The third-order valence-electron chi connectivity index (χ3n) is 5.61. The van der Waals surface area contributed by atoms with E-state index in [2.05, 4.69) is 15.5 Å². The number of nitro benzene ring substituents is 1. The molecule has 4 rings (SSSR count). The summed E-state index contributed by atoms with van der Waals surface area (Å²) in [5.74, 6) is -0.513. The summed E-state index contributed by atoms with van der Waals surface area (Å²) in [5.41, 5.74) is 0.785. The van der Waals surface area contributed by atoms with Gasteiger partial charge in [-0.15, -0.1) is 0 Å². The summed E-state index contributed by atoms with van der Waals surface area (Å²) in [6.07, 6.45) is 1.94. The van der Waals surface area contributed by atoms with E-state index in [1.54, 1.807) is 0 Å². The Balaban J connectivity index is 1.46. The molecule has 11 heteroatoms. The molecular formula is C21H25N5O5S. The second-order valence-electron chi connectivity index (χ2n) is 8.09. The maximum absolute atomic E-state index is 12.8. The van der Waals surface area contributed by atoms with Crippen molar-refractivity contribution in [1.82, 2.24) is 9.21 Å². The average Bonchev–Trinajstić information content (AvgIpc) is 3.58. The van der Waals surface area contributed by atoms with Crippen molar-refractivity contribution in [3.05, 3.63) is 58.1 Å². The molecule has 2 fully saturated rings. The number of anilines is 2. The van der Waals surface area contributed by atoms with E-state index >= 15 is 0 Å². The lowest BCUT2D eigenvalue weighted by Gasteiger charge is -2.31. The minimum absolute atomic E-state index is 0.146. The molecule has 0 radical (unpaired) electrons. The summed E-state index contributed by atoms with van der Waals surface area (Å²) in [6, 6.07) is 10.5. The van der Waals surface area contributed by atoms with Crippen LogP contribution in [-0.4, -0.2) is 67.7 Å². The van der Waals surface area contributed by atoms with Crippen molar-refractivity contribution >= 4 is 33.0 Å². The highest BCUT2D eigenvalue weighted by molar-refractivity contribution is 7.89. The Hall–Kier alpha value is -3.02. The zero-order valence-electron chi connectivity index (χ0n) is 17.7. The van der Waals surface area contributed by atoms with E-state index in [9.17, 15) is 23.3 Å². The van der Waals surface area contributed by atoms with Gasteiger partial charge in [0.1, 0.15) is 5.69 Å². The van der Waals surface area contributed by atoms with Gasteiger partial charge in [0, 0.05) is 49.5 Å². The second kappa shape index (κ2) is 8.85. The van der Waals surface area contributed by atoms with Crippen LogP contribution in [0.4, 0.5) is 17.1 Å². The van der Waals surface area contributed by atoms with E-state index in [4.69, 9.17) is 0 Å². The lowest BCUT2D eigenvalue weighted by Crippen LogP contribution is -2.46. The first kappa shape index (κ1) is 22.2. The van der Waals surface area contributed by atoms with Gasteiger partial charge in [-0.25, -0.2) is 8.42 Å². The topological polar surface area (TPSA) is 125 Å². The van der Waals surface area contributed by atoms with Gasteiger partial charge in [-0.2, -0.15) is 4.31 Å². The molecule has 0 aromatic heterocycles. The van der Waals surface area contributed by atoms with E-state index in [1.807, 2.05) is 7.05 Å². The van der Waals surface area contributed by atoms with Gasteiger partial charge in [-0.05, 0) is 56.3 Å². The van der Waals surface area contributed by atoms with Crippen molar-refractivity contribution in [3.8, 4) is 0 Å². The van der Waals surface area contributed by atoms with Crippen molar-refractivity contribution < 1.29 is 18.1 Å². The Labute approximate surface area is 186 Å². The number of likely N-dealkylation sites (N-methyl/N-ethyl adjacent to an activating group) is 1. The zero-order chi connectivity index (χ0) is 22.9. The number of carbonyl (C=O) groups excluding carboxylic acids is 1. The van der Waals surface area contributed by atoms with Crippen LogP contribution in [0.15, 0.2) is 47.4 Å². The Kier molecular flexibility index (Phi) is 6.13. The lowest BCUT2D eigenvalue weighted by atomic mass is 10.1. The molecule has 1 saturated carbocycles. The smallest absolute Gasteiger partial charge is 0.293 e. The van der Waals surface area contributed by atoms with E-state index in [0.29, 0.717) is 37.6 Å². The van der Waals surface area contributed by atoms with Gasteiger partial charge in [0.2, 0.25) is 10.0 Å². The Morgan fingerprint density at radius 1 is 1.06 bits per heavy atom. The average molecular weight is 460 g/mol. The molecule has 1 aliphatic heterocycles. The van der Waals surface area contributed by atoms with Crippen molar-refractivity contribution in [2.45, 2.75) is 23.8 Å². The van der Waals surface area contributed by atoms with Crippen LogP contribution in [0.25, 0.3) is 0 Å². The van der Waals surface area contributed by atoms with Gasteiger partial charge in [-0.1, -0.05) is 0 Å². The summed E-state index contributed by atoms with van der Waals surface area (Å²) in [6.45, 7) is 2.21. The molecule has 1 saturated heterocycles. The Morgan fingerprint density at radius 2 is 1.72 bits per heavy atom. The molecule has 2 aromatic carbocycles. The summed E-state index contributed by atoms with van der Waals surface area (Å²) >= 11 is 0. The molecule has 0 spiro atoms. The Bertz CT molecular complexity index is 1120. The highest BCUT2D eigenvalue weighted by Crippen LogP contribution is 2.31. The van der Waals surface area contributed by atoms with E-state index < -0.39 is 20.9 Å². The number of rotatable bonds is 7. The van der Waals surface area contributed by atoms with Crippen LogP contribution in [0, 0.1) is 10.1 Å². The predicted octanol–water partition coefficient (Wildman–Crippen LogP) is 2.36. The first-order valence-electron chi connectivity index (χ1n) is 10.4. The molecule has 1 heterocycles. The standard InChI is InChI=1S/C21H25N5O5S/c1-24-10-12-25(13-11-24)32(30,31)18-7-5-17(6-8-18)23-21(27)15-2-9-19(22-16-3-4-16)20(14-15)26(28)29/h2,5-9,14,16,22H,3-4,10-13H2,1H3,(H,23,27). The molecule has 0 unspecified atom stereocenters. The molecule has 1 aliphatic carbocycles. The van der Waals surface area contributed by atoms with Crippen molar-refractivity contribution in [3.63, 3.8) is 0 Å². The molecule has 2 aliphatic rings. The number of amides is 1. The summed E-state index contributed by atoms with van der Waals surface area (Å²) < 4.78 is 27.1. The third kappa shape index (κ3) is 4.90. The number of hydrogen-bond acceptors (Lipinski definition) is 7. The van der Waals surface area contributed by atoms with Gasteiger partial charge < -0.3 is 15.5 Å². The first-order valence-corrected chi connectivity index (χ1v) is 11.8. The lowest BCUT2D eigenvalue weighted by molar-refractivity contribution is -0.384. The highest BCUT2D eigenvalue weighted by Gasteiger charge is 2.28. The van der Waals surface area contributed by atoms with Crippen molar-refractivity contribution in [2.24, 2.45) is 0 Å². The van der Waals surface area contributed by atoms with Crippen LogP contribution in [0.2, 0.25) is 0 Å². The fourth-order valence-corrected chi connectivity index (χ4v) is 4.91. The quantitative estimate of drug-likeness (QED) is 0.481. The maximum atomic E-state index is 12.8. The zero-order valence-corrected chi connectivity index (χ0v) is 18.5. The van der Waals surface area contributed by atoms with Gasteiger partial charge in [0.15, 0.2) is 0 Å². The normalized spacial score (nSPS) is 17.7. The van der Waals surface area contributed by atoms with Crippen LogP contribution in [0.1, 0.15) is 23.2 Å². The van der Waals surface area contributed by atoms with E-state index in [1.165, 1.54) is 46.8 Å². The molecular weight excluding hydrogens is 434 g/mol. The van der Waals surface area contributed by atoms with Crippen LogP contribution in [-0.2, 0) is 10.0 Å². The highest BCUT2D eigenvalue weighted by atomic mass is 32.2. The molecule has 32 heavy (non-hydrogen) atoms. The van der Waals surface area contributed by atoms with Gasteiger partial charge in [0.25, 0.3) is 11.6 Å². The fraction of sp³-hybridized carbons (Fsp3) is 0.381. The summed E-state index contributed by atoms with van der Waals surface area (Å²) in [4.78, 5) is 25.7. The third-order valence-corrected chi connectivity index (χ3v) is 7.52. The maximum Gasteiger partial charge on any atom is 0.293 e. The number of sulfonamides is 1. The summed E-state index contributed by atoms with van der Waals surface area (Å²) in [7, 11) is -1.64. The van der Waals surface area contributed by atoms with Crippen molar-refractivity contribution in [2.75, 3.05) is 43.9 Å². The molecule has 2 aromatic rings. The largest absolute Gasteiger partial charge is 0.377 e. The van der Waals surface area contributed by atoms with Crippen LogP contribution in [0.3, 0.4) is 0 Å². The monoisotopic (exact) mass is 459 g/mol. The number of nitrogens with zero attached hydrogens (tertiary/aromatic N) is 3. The molecule has 0 atom stereocenters. The molecule has 1 amide bonds. The van der Waals surface area contributed by atoms with Crippen LogP contribution >= 0.6 is 0 Å². The second-order valence-corrected chi connectivity index (χ2v) is 10.0. The molecule has 0 bridgehead atoms.